The molecule has 0 saturated carbocycles. The van der Waals surface area contributed by atoms with Gasteiger partial charge < -0.3 is 10.0 Å². The SMILES string of the molecule is C[C@H](O)c1ccc(N(C)Cc2cccc(F)c2)cn1. The summed E-state index contributed by atoms with van der Waals surface area (Å²) in [6.45, 7) is 2.28. The number of halogens is 1. The minimum atomic E-state index is -0.567. The van der Waals surface area contributed by atoms with Gasteiger partial charge in [0.2, 0.25) is 0 Å². The van der Waals surface area contributed by atoms with Crippen LogP contribution >= 0.6 is 0 Å². The second kappa shape index (κ2) is 5.80. The highest BCUT2D eigenvalue weighted by Crippen LogP contribution is 2.17. The van der Waals surface area contributed by atoms with Gasteiger partial charge >= 0.3 is 0 Å². The topological polar surface area (TPSA) is 36.4 Å². The van der Waals surface area contributed by atoms with E-state index < -0.39 is 6.10 Å². The number of aliphatic hydroxyl groups excluding tert-OH is 1. The molecule has 2 aromatic rings. The summed E-state index contributed by atoms with van der Waals surface area (Å²) in [5, 5.41) is 9.40. The van der Waals surface area contributed by atoms with Crippen molar-refractivity contribution in [2.24, 2.45) is 0 Å². The molecule has 0 aliphatic heterocycles. The molecule has 1 N–H and O–H groups in total. The zero-order valence-corrected chi connectivity index (χ0v) is 11.0. The first-order valence-corrected chi connectivity index (χ1v) is 6.16. The van der Waals surface area contributed by atoms with Gasteiger partial charge in [-0.3, -0.25) is 4.98 Å². The number of hydrogen-bond donors (Lipinski definition) is 1. The summed E-state index contributed by atoms with van der Waals surface area (Å²) in [6, 6.07) is 10.2. The highest BCUT2D eigenvalue weighted by Gasteiger charge is 2.06. The van der Waals surface area contributed by atoms with Crippen LogP contribution in [0.2, 0.25) is 0 Å². The minimum Gasteiger partial charge on any atom is -0.387 e. The van der Waals surface area contributed by atoms with Gasteiger partial charge in [0.25, 0.3) is 0 Å². The number of hydrogen-bond acceptors (Lipinski definition) is 3. The monoisotopic (exact) mass is 260 g/mol. The number of rotatable bonds is 4. The van der Waals surface area contributed by atoms with Gasteiger partial charge in [-0.05, 0) is 36.8 Å². The Balaban J connectivity index is 2.09. The lowest BCUT2D eigenvalue weighted by Gasteiger charge is -2.19. The molecular weight excluding hydrogens is 243 g/mol. The Hall–Kier alpha value is -1.94. The zero-order chi connectivity index (χ0) is 13.8. The van der Waals surface area contributed by atoms with E-state index in [1.807, 2.05) is 24.1 Å². The van der Waals surface area contributed by atoms with Crippen LogP contribution in [0.1, 0.15) is 24.3 Å². The Morgan fingerprint density at radius 3 is 2.68 bits per heavy atom. The predicted octanol–water partition coefficient (Wildman–Crippen LogP) is 2.91. The second-order valence-corrected chi connectivity index (χ2v) is 4.60. The molecule has 4 heteroatoms. The van der Waals surface area contributed by atoms with Crippen molar-refractivity contribution in [1.82, 2.24) is 4.98 Å². The molecule has 0 radical (unpaired) electrons. The predicted molar refractivity (Wildman–Crippen MR) is 73.4 cm³/mol. The summed E-state index contributed by atoms with van der Waals surface area (Å²) >= 11 is 0. The average Bonchev–Trinajstić information content (AvgIpc) is 2.39. The van der Waals surface area contributed by atoms with Gasteiger partial charge in [-0.2, -0.15) is 0 Å². The molecule has 100 valence electrons. The van der Waals surface area contributed by atoms with Crippen molar-refractivity contribution in [3.63, 3.8) is 0 Å². The van der Waals surface area contributed by atoms with E-state index in [4.69, 9.17) is 0 Å². The molecule has 0 unspecified atom stereocenters. The Kier molecular flexibility index (Phi) is 4.12. The molecule has 0 spiro atoms. The zero-order valence-electron chi connectivity index (χ0n) is 11.0. The number of pyridine rings is 1. The van der Waals surface area contributed by atoms with Crippen LogP contribution in [0.3, 0.4) is 0 Å². The number of aromatic nitrogens is 1. The van der Waals surface area contributed by atoms with Crippen molar-refractivity contribution < 1.29 is 9.50 Å². The molecule has 0 saturated heterocycles. The quantitative estimate of drug-likeness (QED) is 0.918. The molecule has 1 aromatic heterocycles. The van der Waals surface area contributed by atoms with Gasteiger partial charge in [0.05, 0.1) is 23.7 Å². The third-order valence-corrected chi connectivity index (χ3v) is 2.95. The van der Waals surface area contributed by atoms with Gasteiger partial charge in [-0.1, -0.05) is 12.1 Å². The number of nitrogens with zero attached hydrogens (tertiary/aromatic N) is 2. The summed E-state index contributed by atoms with van der Waals surface area (Å²) in [5.41, 5.74) is 2.47. The van der Waals surface area contributed by atoms with E-state index in [0.29, 0.717) is 12.2 Å². The summed E-state index contributed by atoms with van der Waals surface area (Å²) in [6.07, 6.45) is 1.14. The second-order valence-electron chi connectivity index (χ2n) is 4.60. The fourth-order valence-electron chi connectivity index (χ4n) is 1.87. The van der Waals surface area contributed by atoms with E-state index >= 15 is 0 Å². The molecule has 2 rings (SSSR count). The fraction of sp³-hybridized carbons (Fsp3) is 0.267. The summed E-state index contributed by atoms with van der Waals surface area (Å²) < 4.78 is 13.1. The third-order valence-electron chi connectivity index (χ3n) is 2.95. The summed E-state index contributed by atoms with van der Waals surface area (Å²) in [5.74, 6) is -0.228. The molecule has 19 heavy (non-hydrogen) atoms. The van der Waals surface area contributed by atoms with Crippen LogP contribution in [0.4, 0.5) is 10.1 Å². The van der Waals surface area contributed by atoms with Crippen LogP contribution in [-0.4, -0.2) is 17.1 Å². The van der Waals surface area contributed by atoms with E-state index in [1.54, 1.807) is 25.3 Å². The van der Waals surface area contributed by atoms with Crippen LogP contribution in [0.15, 0.2) is 42.6 Å². The Morgan fingerprint density at radius 1 is 1.32 bits per heavy atom. The van der Waals surface area contributed by atoms with Crippen LogP contribution in [0.5, 0.6) is 0 Å². The maximum absolute atomic E-state index is 13.1. The minimum absolute atomic E-state index is 0.228. The smallest absolute Gasteiger partial charge is 0.123 e. The van der Waals surface area contributed by atoms with E-state index in [1.165, 1.54) is 12.1 Å². The summed E-state index contributed by atoms with van der Waals surface area (Å²) in [7, 11) is 1.92. The molecule has 1 aromatic carbocycles. The Morgan fingerprint density at radius 2 is 2.11 bits per heavy atom. The van der Waals surface area contributed by atoms with E-state index in [0.717, 1.165) is 11.3 Å². The Bertz CT molecular complexity index is 540. The molecule has 0 aliphatic carbocycles. The van der Waals surface area contributed by atoms with Crippen molar-refractivity contribution in [1.29, 1.82) is 0 Å². The summed E-state index contributed by atoms with van der Waals surface area (Å²) in [4.78, 5) is 6.17. The van der Waals surface area contributed by atoms with Crippen LogP contribution in [-0.2, 0) is 6.54 Å². The highest BCUT2D eigenvalue weighted by molar-refractivity contribution is 5.44. The maximum atomic E-state index is 13.1. The van der Waals surface area contributed by atoms with Crippen molar-refractivity contribution >= 4 is 5.69 Å². The molecule has 0 amide bonds. The number of aliphatic hydroxyl groups is 1. The van der Waals surface area contributed by atoms with Crippen molar-refractivity contribution in [3.8, 4) is 0 Å². The third kappa shape index (κ3) is 3.51. The van der Waals surface area contributed by atoms with E-state index in [2.05, 4.69) is 4.98 Å². The van der Waals surface area contributed by atoms with E-state index in [9.17, 15) is 9.50 Å². The van der Waals surface area contributed by atoms with Crippen molar-refractivity contribution in [3.05, 3.63) is 59.7 Å². The molecular formula is C15H17FN2O. The standard InChI is InChI=1S/C15H17FN2O/c1-11(19)15-7-6-14(9-17-15)18(2)10-12-4-3-5-13(16)8-12/h3-9,11,19H,10H2,1-2H3/t11-/m0/s1. The van der Waals surface area contributed by atoms with Gasteiger partial charge in [-0.15, -0.1) is 0 Å². The number of benzene rings is 1. The molecule has 1 atom stereocenters. The lowest BCUT2D eigenvalue weighted by atomic mass is 10.2. The van der Waals surface area contributed by atoms with Crippen molar-refractivity contribution in [2.45, 2.75) is 19.6 Å². The molecule has 3 nitrogen and oxygen atoms in total. The largest absolute Gasteiger partial charge is 0.387 e. The lowest BCUT2D eigenvalue weighted by molar-refractivity contribution is 0.194. The molecule has 0 bridgehead atoms. The first-order chi connectivity index (χ1) is 9.06. The first-order valence-electron chi connectivity index (χ1n) is 6.16. The average molecular weight is 260 g/mol. The first kappa shape index (κ1) is 13.5. The maximum Gasteiger partial charge on any atom is 0.123 e. The van der Waals surface area contributed by atoms with Gasteiger partial charge in [0, 0.05) is 13.6 Å². The van der Waals surface area contributed by atoms with Crippen LogP contribution in [0, 0.1) is 5.82 Å². The number of anilines is 1. The highest BCUT2D eigenvalue weighted by atomic mass is 19.1. The van der Waals surface area contributed by atoms with Crippen molar-refractivity contribution in [2.75, 3.05) is 11.9 Å². The van der Waals surface area contributed by atoms with Gasteiger partial charge in [0.1, 0.15) is 5.82 Å². The van der Waals surface area contributed by atoms with Crippen LogP contribution < -0.4 is 4.90 Å². The Labute approximate surface area is 112 Å². The lowest BCUT2D eigenvalue weighted by Crippen LogP contribution is -2.16. The fourth-order valence-corrected chi connectivity index (χ4v) is 1.87. The van der Waals surface area contributed by atoms with Gasteiger partial charge in [-0.25, -0.2) is 4.39 Å². The van der Waals surface area contributed by atoms with E-state index in [-0.39, 0.29) is 5.82 Å². The van der Waals surface area contributed by atoms with Crippen LogP contribution in [0.25, 0.3) is 0 Å². The molecule has 0 aliphatic rings. The molecule has 1 heterocycles. The molecule has 0 fully saturated rings. The van der Waals surface area contributed by atoms with Gasteiger partial charge in [0.15, 0.2) is 0 Å². The normalized spacial score (nSPS) is 12.2.